The lowest BCUT2D eigenvalue weighted by molar-refractivity contribution is 4.09. The largest absolute Gasteiger partial charge is 0.161 e. The molecule has 0 saturated carbocycles. The number of hydrogen-bond acceptors (Lipinski definition) is 0. The van der Waals surface area contributed by atoms with Gasteiger partial charge in [-0.15, -0.1) is 0 Å². The lowest BCUT2D eigenvalue weighted by Crippen LogP contribution is -2.03. The van der Waals surface area contributed by atoms with Crippen LogP contribution in [0.4, 0.5) is 0 Å². The fraction of sp³-hybridized carbons (Fsp3) is 0. The summed E-state index contributed by atoms with van der Waals surface area (Å²) in [6, 6.07) is 0. The molecule has 0 aliphatic rings. The van der Waals surface area contributed by atoms with E-state index in [0.717, 1.165) is 26.1 Å². The van der Waals surface area contributed by atoms with Crippen LogP contribution in [0.15, 0.2) is 0 Å². The second-order valence-corrected chi connectivity index (χ2v) is 18.1. The first kappa shape index (κ1) is 8.73. The first-order chi connectivity index (χ1) is 3.35. The van der Waals surface area contributed by atoms with Gasteiger partial charge in [-0.25, -0.2) is 0 Å². The Bertz CT molecular complexity index is 25.7. The van der Waals surface area contributed by atoms with Gasteiger partial charge in [0.2, 0.25) is 0 Å². The van der Waals surface area contributed by atoms with Crippen molar-refractivity contribution in [3.63, 3.8) is 0 Å². The molecule has 15 radical (unpaired) electrons. The summed E-state index contributed by atoms with van der Waals surface area (Å²) in [7, 11) is 13.3. The molecule has 0 saturated heterocycles. The van der Waals surface area contributed by atoms with E-state index in [-0.39, 0.29) is 6.57 Å². The molecule has 7 heavy (non-hydrogen) atoms. The molecule has 0 bridgehead atoms. The normalized spacial score (nSPS) is 10.3. The molecule has 0 fully saturated rings. The van der Waals surface area contributed by atoms with Gasteiger partial charge in [0.1, 0.15) is 0 Å². The van der Waals surface area contributed by atoms with E-state index in [4.69, 9.17) is 0 Å². The zero-order valence-corrected chi connectivity index (χ0v) is 10.3. The van der Waals surface area contributed by atoms with Gasteiger partial charge in [0.05, 0.1) is 0 Å². The van der Waals surface area contributed by atoms with E-state index in [1.807, 2.05) is 0 Å². The van der Waals surface area contributed by atoms with Gasteiger partial charge in [-0.1, -0.05) is 0 Å². The SMILES string of the molecule is [Si][Si]P([Si][Si])[Si][Si]. The molecular formula is PSi6. The molecule has 0 aromatic rings. The van der Waals surface area contributed by atoms with Crippen LogP contribution in [0.5, 0.6) is 0 Å². The zero-order chi connectivity index (χ0) is 5.70. The molecule has 29 valence electrons. The van der Waals surface area contributed by atoms with Crippen molar-refractivity contribution in [1.82, 2.24) is 0 Å². The third-order valence-corrected chi connectivity index (χ3v) is 27.2. The van der Waals surface area contributed by atoms with E-state index in [1.54, 1.807) is 0 Å². The Kier molecular flexibility index (Phi) is 7.31. The summed E-state index contributed by atoms with van der Waals surface area (Å²) in [6.07, 6.45) is 0. The lowest BCUT2D eigenvalue weighted by atomic mass is 26.7. The molecule has 0 aliphatic carbocycles. The molecule has 0 aliphatic heterocycles. The monoisotopic (exact) mass is 199 g/mol. The van der Waals surface area contributed by atoms with Crippen molar-refractivity contribution in [2.45, 2.75) is 0 Å². The zero-order valence-electron chi connectivity index (χ0n) is 3.45. The van der Waals surface area contributed by atoms with Crippen molar-refractivity contribution >= 4 is 62.0 Å². The minimum absolute atomic E-state index is 0.270. The third kappa shape index (κ3) is 4.25. The van der Waals surface area contributed by atoms with Crippen LogP contribution in [-0.2, 0) is 0 Å². The Morgan fingerprint density at radius 1 is 0.857 bits per heavy atom. The fourth-order valence-electron chi connectivity index (χ4n) is 0.0839. The minimum Gasteiger partial charge on any atom is -0.161 e. The van der Waals surface area contributed by atoms with Gasteiger partial charge in [-0.05, 0) is 0 Å². The summed E-state index contributed by atoms with van der Waals surface area (Å²) in [4.78, 5) is 0. The molecule has 0 nitrogen and oxygen atoms in total. The molecule has 0 spiro atoms. The van der Waals surface area contributed by atoms with Crippen LogP contribution in [0.3, 0.4) is 0 Å². The van der Waals surface area contributed by atoms with Gasteiger partial charge in [0, 0.05) is 55.4 Å². The Morgan fingerprint density at radius 3 is 1.14 bits per heavy atom. The molecule has 0 aromatic heterocycles. The topological polar surface area (TPSA) is 0 Å². The molecule has 0 heterocycles. The summed E-state index contributed by atoms with van der Waals surface area (Å²) in [6.45, 7) is 0.270. The van der Waals surface area contributed by atoms with E-state index in [0.29, 0.717) is 0 Å². The molecule has 0 N–H and O–H groups in total. The molecule has 0 atom stereocenters. The summed E-state index contributed by atoms with van der Waals surface area (Å²) >= 11 is 0. The second-order valence-electron chi connectivity index (χ2n) is 0.671. The smallest absolute Gasteiger partial charge is 0.0431 e. The van der Waals surface area contributed by atoms with E-state index in [2.05, 4.69) is 29.3 Å². The summed E-state index contributed by atoms with van der Waals surface area (Å²) in [5, 5.41) is 0. The Hall–Kier alpha value is 1.73. The maximum Gasteiger partial charge on any atom is 0.0431 e. The van der Waals surface area contributed by atoms with Gasteiger partial charge in [-0.3, -0.25) is 0 Å². The van der Waals surface area contributed by atoms with E-state index < -0.39 is 0 Å². The van der Waals surface area contributed by atoms with E-state index >= 15 is 0 Å². The molecule has 7 heteroatoms. The molecule has 0 aromatic carbocycles. The predicted octanol–water partition coefficient (Wildman–Crippen LogP) is -1.42. The van der Waals surface area contributed by atoms with Crippen LogP contribution in [0.1, 0.15) is 0 Å². The van der Waals surface area contributed by atoms with E-state index in [1.165, 1.54) is 0 Å². The van der Waals surface area contributed by atoms with Crippen molar-refractivity contribution in [3.05, 3.63) is 0 Å². The maximum absolute atomic E-state index is 3.49. The van der Waals surface area contributed by atoms with Gasteiger partial charge >= 0.3 is 0 Å². The summed E-state index contributed by atoms with van der Waals surface area (Å²) < 4.78 is 0. The van der Waals surface area contributed by atoms with Crippen LogP contribution in [0, 0.1) is 0 Å². The Balaban J connectivity index is 2.99. The van der Waals surface area contributed by atoms with Crippen molar-refractivity contribution in [2.24, 2.45) is 0 Å². The first-order valence-electron chi connectivity index (χ1n) is 1.42. The first-order valence-corrected chi connectivity index (χ1v) is 12.8. The Labute approximate surface area is 62.0 Å². The summed E-state index contributed by atoms with van der Waals surface area (Å²) in [5.74, 6) is 0. The van der Waals surface area contributed by atoms with Gasteiger partial charge in [-0.2, -0.15) is 6.57 Å². The van der Waals surface area contributed by atoms with Crippen LogP contribution in [-0.4, -0.2) is 55.4 Å². The van der Waals surface area contributed by atoms with Crippen molar-refractivity contribution < 1.29 is 0 Å². The van der Waals surface area contributed by atoms with Crippen molar-refractivity contribution in [2.75, 3.05) is 0 Å². The standard InChI is InChI=1S/PSi6/c2-5-1(6-3)7-4. The highest BCUT2D eigenvalue weighted by Crippen LogP contribution is 2.22. The van der Waals surface area contributed by atoms with Crippen LogP contribution in [0.2, 0.25) is 0 Å². The summed E-state index contributed by atoms with van der Waals surface area (Å²) in [5.41, 5.74) is 0. The fourth-order valence-corrected chi connectivity index (χ4v) is 20.4. The highest BCUT2D eigenvalue weighted by atomic mass is 31.8. The van der Waals surface area contributed by atoms with Crippen LogP contribution in [0.25, 0.3) is 0 Å². The van der Waals surface area contributed by atoms with Crippen molar-refractivity contribution in [3.8, 4) is 0 Å². The quantitative estimate of drug-likeness (QED) is 0.387. The van der Waals surface area contributed by atoms with Gasteiger partial charge in [0.25, 0.3) is 0 Å². The van der Waals surface area contributed by atoms with Crippen LogP contribution < -0.4 is 0 Å². The minimum atomic E-state index is 0.270. The number of hydrogen-bond donors (Lipinski definition) is 0. The Morgan fingerprint density at radius 2 is 1.14 bits per heavy atom. The molecular weight excluding hydrogens is 199 g/mol. The van der Waals surface area contributed by atoms with Crippen LogP contribution >= 0.6 is 6.57 Å². The average Bonchev–Trinajstić information content (AvgIpc) is 1.72. The molecule has 0 amide bonds. The third-order valence-electron chi connectivity index (χ3n) is 0.335. The van der Waals surface area contributed by atoms with Gasteiger partial charge < -0.3 is 0 Å². The van der Waals surface area contributed by atoms with E-state index in [9.17, 15) is 0 Å². The highest BCUT2D eigenvalue weighted by Gasteiger charge is 1.97. The average molecular weight is 199 g/mol. The highest BCUT2D eigenvalue weighted by molar-refractivity contribution is 8.31. The number of rotatable bonds is 3. The maximum atomic E-state index is 3.49. The second kappa shape index (κ2) is 5.86. The predicted molar refractivity (Wildman–Crippen MR) is 41.4 cm³/mol. The molecule has 0 rings (SSSR count). The lowest BCUT2D eigenvalue weighted by Gasteiger charge is -2.04. The van der Waals surface area contributed by atoms with Crippen molar-refractivity contribution in [1.29, 1.82) is 0 Å². The van der Waals surface area contributed by atoms with Gasteiger partial charge in [0.15, 0.2) is 0 Å². The molecule has 0 unspecified atom stereocenters.